The number of rotatable bonds is 14. The second-order valence-corrected chi connectivity index (χ2v) is 55.8. The van der Waals surface area contributed by atoms with E-state index in [2.05, 4.69) is 225 Å². The van der Waals surface area contributed by atoms with Gasteiger partial charge < -0.3 is 19.6 Å². The summed E-state index contributed by atoms with van der Waals surface area (Å²) in [6, 6.07) is 61.8. The summed E-state index contributed by atoms with van der Waals surface area (Å²) in [5, 5.41) is 0. The normalized spacial score (nSPS) is 21.1. The molecule has 7 aliphatic carbocycles. The van der Waals surface area contributed by atoms with Crippen LogP contribution >= 0.6 is 54.6 Å². The van der Waals surface area contributed by atoms with Crippen LogP contribution in [0.3, 0.4) is 0 Å². The number of fused-ring (bicyclic) bond motifs is 1. The van der Waals surface area contributed by atoms with Crippen molar-refractivity contribution in [3.8, 4) is 0 Å². The Morgan fingerprint density at radius 1 is 0.258 bits per heavy atom. The van der Waals surface area contributed by atoms with Crippen molar-refractivity contribution in [1.82, 2.24) is 0 Å². The van der Waals surface area contributed by atoms with E-state index in [-0.39, 0.29) is 27.9 Å². The molecule has 9 aliphatic rings. The molecular formula is C108H148Cl4N4P2Ru2. The fourth-order valence-electron chi connectivity index (χ4n) is 23.6. The molecule has 2 saturated heterocycles. The number of anilines is 4. The molecule has 4 atom stereocenters. The summed E-state index contributed by atoms with van der Waals surface area (Å²) in [6.45, 7) is 31.6. The Bertz CT molecular complexity index is 4040. The molecule has 0 spiro atoms. The van der Waals surface area contributed by atoms with Crippen LogP contribution < -0.4 is 19.6 Å². The van der Waals surface area contributed by atoms with Crippen molar-refractivity contribution in [2.45, 2.75) is 360 Å². The third kappa shape index (κ3) is 26.3. The molecule has 4 nitrogen and oxygen atoms in total. The Kier molecular flexibility index (Phi) is 38.2. The average Bonchev–Trinajstić information content (AvgIpc) is 1.61. The van der Waals surface area contributed by atoms with Gasteiger partial charge in [-0.1, -0.05) is 183 Å². The van der Waals surface area contributed by atoms with Crippen LogP contribution in [0.1, 0.15) is 319 Å². The molecule has 9 fully saturated rings. The summed E-state index contributed by atoms with van der Waals surface area (Å²) >= 11 is -3.23. The molecule has 0 radical (unpaired) electrons. The molecule has 654 valence electrons. The third-order valence-electron chi connectivity index (χ3n) is 28.1. The monoisotopic (exact) mass is 1910 g/mol. The van der Waals surface area contributed by atoms with Gasteiger partial charge in [-0.2, -0.15) is 13.3 Å². The van der Waals surface area contributed by atoms with Gasteiger partial charge in [-0.25, -0.2) is 0 Å². The number of benzene rings is 8. The van der Waals surface area contributed by atoms with E-state index in [0.717, 1.165) is 11.1 Å². The Labute approximate surface area is 758 Å². The summed E-state index contributed by atoms with van der Waals surface area (Å²) in [4.78, 5) is 10.3. The van der Waals surface area contributed by atoms with Crippen molar-refractivity contribution in [3.05, 3.63) is 272 Å². The zero-order chi connectivity index (χ0) is 84.6. The molecule has 8 aromatic rings. The molecule has 2 aliphatic heterocycles. The summed E-state index contributed by atoms with van der Waals surface area (Å²) in [6.07, 6.45) is 52.8. The first kappa shape index (κ1) is 95.1. The molecule has 0 aromatic heterocycles. The quantitative estimate of drug-likeness (QED) is 0.0611. The van der Waals surface area contributed by atoms with Crippen molar-refractivity contribution in [2.24, 2.45) is 0 Å². The maximum atomic E-state index is 5.67. The van der Waals surface area contributed by atoms with E-state index >= 15 is 0 Å². The van der Waals surface area contributed by atoms with E-state index in [4.69, 9.17) is 38.8 Å². The van der Waals surface area contributed by atoms with Gasteiger partial charge >= 0.3 is 147 Å². The minimum absolute atomic E-state index is 0.0465. The molecule has 2 heterocycles. The molecule has 17 rings (SSSR count). The summed E-state index contributed by atoms with van der Waals surface area (Å²) in [5.41, 5.74) is 33.8. The van der Waals surface area contributed by atoms with E-state index < -0.39 is 27.0 Å². The van der Waals surface area contributed by atoms with E-state index in [1.807, 2.05) is 69.9 Å². The molecule has 120 heavy (non-hydrogen) atoms. The zero-order valence-electron chi connectivity index (χ0n) is 75.3. The van der Waals surface area contributed by atoms with Gasteiger partial charge in [-0.3, -0.25) is 0 Å². The Morgan fingerprint density at radius 2 is 0.450 bits per heavy atom. The topological polar surface area (TPSA) is 13.0 Å². The van der Waals surface area contributed by atoms with E-state index in [0.29, 0.717) is 12.1 Å². The Morgan fingerprint density at radius 3 is 0.667 bits per heavy atom. The summed E-state index contributed by atoms with van der Waals surface area (Å²) < 4.78 is 3.85. The summed E-state index contributed by atoms with van der Waals surface area (Å²) in [7, 11) is 22.6. The van der Waals surface area contributed by atoms with Crippen molar-refractivity contribution >= 4 is 86.6 Å². The van der Waals surface area contributed by atoms with Gasteiger partial charge in [0.2, 0.25) is 0 Å². The van der Waals surface area contributed by atoms with E-state index in [1.165, 1.54) is 160 Å². The first-order valence-corrected chi connectivity index (χ1v) is 61.4. The second-order valence-electron chi connectivity index (χ2n) is 37.4. The first-order valence-electron chi connectivity index (χ1n) is 46.9. The van der Waals surface area contributed by atoms with Crippen LogP contribution in [0.2, 0.25) is 0 Å². The van der Waals surface area contributed by atoms with Crippen molar-refractivity contribution in [3.63, 3.8) is 0 Å². The van der Waals surface area contributed by atoms with Gasteiger partial charge in [0.05, 0.1) is 46.0 Å². The fourth-order valence-corrected chi connectivity index (χ4v) is 37.7. The van der Waals surface area contributed by atoms with Crippen LogP contribution in [0.5, 0.6) is 0 Å². The number of halogens is 4. The molecule has 8 aromatic carbocycles. The van der Waals surface area contributed by atoms with Crippen LogP contribution in [-0.4, -0.2) is 55.3 Å². The Balaban J connectivity index is 0.000000139. The van der Waals surface area contributed by atoms with Gasteiger partial charge in [0.1, 0.15) is 0 Å². The van der Waals surface area contributed by atoms with E-state index in [9.17, 15) is 0 Å². The maximum absolute atomic E-state index is 5.67. The summed E-state index contributed by atoms with van der Waals surface area (Å²) in [5.74, 6) is 0. The number of hydrogen-bond acceptors (Lipinski definition) is 4. The minimum atomic E-state index is -1.61. The molecule has 12 heteroatoms. The van der Waals surface area contributed by atoms with Crippen LogP contribution in [0.15, 0.2) is 170 Å². The SMILES string of the molecule is C1CCC([PH+](C2CCCCC2)C2CCCCC2)CC1.C1CCC([PH+](C2CCCCC2)C2CCCCC2)CC1.Cc1cc(C)c(N2[CH-]N(c3c(C)cc(C)cc3C)C(c3ccccc3)C2c2ccccc2)c(C)c1.Cc1cc(C)c(N2[CH-]N(c3c(C)cc(C)cc3C)C3CCCCC32)c(C)c1.[Cl][Ru]([Cl])=[CH]c1ccccc1.[Cl][Ru]([Cl])=[CH]c1ccccc1. The van der Waals surface area contributed by atoms with Gasteiger partial charge in [0, 0.05) is 50.7 Å². The first-order chi connectivity index (χ1) is 58.2. The van der Waals surface area contributed by atoms with Crippen molar-refractivity contribution in [2.75, 3.05) is 19.6 Å². The van der Waals surface area contributed by atoms with Crippen LogP contribution in [-0.2, 0) is 27.0 Å². The number of hydrogen-bond donors (Lipinski definition) is 0. The number of aryl methyl sites for hydroxylation is 12. The van der Waals surface area contributed by atoms with Crippen molar-refractivity contribution < 1.29 is 27.0 Å². The molecule has 4 unspecified atom stereocenters. The number of nitrogens with zero attached hydrogens (tertiary/aromatic N) is 4. The van der Waals surface area contributed by atoms with Gasteiger partial charge in [-0.05, 0) is 306 Å². The molecule has 0 bridgehead atoms. The molecular weight excluding hydrogens is 1760 g/mol. The van der Waals surface area contributed by atoms with Crippen molar-refractivity contribution in [1.29, 1.82) is 0 Å². The van der Waals surface area contributed by atoms with Gasteiger partial charge in [0.15, 0.2) is 0 Å². The third-order valence-corrected chi connectivity index (χ3v) is 41.0. The Hall–Kier alpha value is -4.03. The second kappa shape index (κ2) is 48.2. The zero-order valence-corrected chi connectivity index (χ0v) is 83.8. The van der Waals surface area contributed by atoms with Crippen LogP contribution in [0.4, 0.5) is 22.7 Å². The molecule has 7 saturated carbocycles. The predicted octanol–water partition coefficient (Wildman–Crippen LogP) is 32.7. The molecule has 0 N–H and O–H groups in total. The predicted molar refractivity (Wildman–Crippen MR) is 530 cm³/mol. The standard InChI is InChI=1S/C33H35N2.C25H33N2.2C18H33P.2C7H6.4ClH.2Ru/c1-22-17-24(3)30(25(4)18-22)34-21-35(31-26(5)19-23(2)20-27(31)6)33(29-15-11-8-12-16-29)32(34)28-13-9-7-10-14-28;1-16-11-18(3)24(19(4)12-16)26-15-27(23-10-8-7-9-22(23)26)25-20(5)13-17(2)14-21(25)6;2*1-4-10-16(11-5-1)19(17-12-6-2-7-13-17)18-14-8-3-9-15-18;2*1-7-5-3-2-4-6-7;;;;;;/h7-21,32-33H,1-6H3;11-15,22-23H,7-10H2,1-6H3;2*16-18H,1-15H2;2*1-6H;4*1H;;/q2*-1;;;;;;;;;2*+2/p-2. The van der Waals surface area contributed by atoms with Gasteiger partial charge in [-0.15, -0.1) is 0 Å². The molecule has 0 amide bonds. The van der Waals surface area contributed by atoms with Crippen LogP contribution in [0, 0.1) is 96.4 Å². The van der Waals surface area contributed by atoms with E-state index in [1.54, 1.807) is 193 Å². The fraction of sp³-hybridized carbons (Fsp3) is 0.519. The van der Waals surface area contributed by atoms with Gasteiger partial charge in [0.25, 0.3) is 0 Å². The average molecular weight is 1910 g/mol. The van der Waals surface area contributed by atoms with Crippen LogP contribution in [0.25, 0.3) is 0 Å².